The molecule has 0 saturated carbocycles. The van der Waals surface area contributed by atoms with Gasteiger partial charge in [-0.15, -0.1) is 0 Å². The van der Waals surface area contributed by atoms with Crippen LogP contribution in [0, 0.1) is 5.92 Å². The Morgan fingerprint density at radius 1 is 1.23 bits per heavy atom. The number of nitrogens with zero attached hydrogens (tertiary/aromatic N) is 1. The zero-order valence-corrected chi connectivity index (χ0v) is 12.6. The number of carbonyl (C=O) groups is 1. The Kier molecular flexibility index (Phi) is 4.70. The van der Waals surface area contributed by atoms with Crippen LogP contribution in [0.3, 0.4) is 0 Å². The highest BCUT2D eigenvalue weighted by atomic mass is 16.4. The van der Waals surface area contributed by atoms with Gasteiger partial charge in [-0.2, -0.15) is 0 Å². The minimum Gasteiger partial charge on any atom is -0.493 e. The van der Waals surface area contributed by atoms with Crippen molar-refractivity contribution in [2.75, 3.05) is 0 Å². The van der Waals surface area contributed by atoms with E-state index in [1.165, 1.54) is 0 Å². The van der Waals surface area contributed by atoms with E-state index in [1.54, 1.807) is 13.8 Å². The molecule has 1 atom stereocenters. The lowest BCUT2D eigenvalue weighted by Crippen LogP contribution is -2.31. The minimum absolute atomic E-state index is 0.290. The van der Waals surface area contributed by atoms with Crippen molar-refractivity contribution in [3.63, 3.8) is 0 Å². The highest BCUT2D eigenvalue weighted by Gasteiger charge is 2.29. The molecule has 22 heavy (non-hydrogen) atoms. The average molecular weight is 304 g/mol. The third-order valence-electron chi connectivity index (χ3n) is 3.64. The average Bonchev–Trinajstić information content (AvgIpc) is 2.73. The number of carboxylic acids is 1. The summed E-state index contributed by atoms with van der Waals surface area (Å²) in [4.78, 5) is 25.9. The first-order valence-electron chi connectivity index (χ1n) is 7.21. The van der Waals surface area contributed by atoms with Crippen LogP contribution >= 0.6 is 0 Å². The van der Waals surface area contributed by atoms with Gasteiger partial charge in [0.2, 0.25) is 5.88 Å². The highest BCUT2D eigenvalue weighted by Crippen LogP contribution is 2.24. The molecule has 0 aliphatic heterocycles. The van der Waals surface area contributed by atoms with Crippen LogP contribution in [0.5, 0.6) is 5.88 Å². The Balaban J connectivity index is 2.27. The normalized spacial score (nSPS) is 12.5. The van der Waals surface area contributed by atoms with Crippen LogP contribution in [0.4, 0.5) is 0 Å². The summed E-state index contributed by atoms with van der Waals surface area (Å²) in [7, 11) is 0. The molecule has 0 bridgehead atoms. The van der Waals surface area contributed by atoms with Crippen LogP contribution in [-0.2, 0) is 17.6 Å². The van der Waals surface area contributed by atoms with E-state index < -0.39 is 17.7 Å². The minimum atomic E-state index is -1.14. The number of imidazole rings is 1. The molecule has 1 aromatic heterocycles. The Labute approximate surface area is 128 Å². The number of aromatic amines is 1. The fraction of sp³-hybridized carbons (Fsp3) is 0.375. The molecule has 118 valence electrons. The Bertz CT molecular complexity index is 701. The fourth-order valence-corrected chi connectivity index (χ4v) is 2.53. The number of aliphatic carboxylic acids is 1. The molecule has 2 aromatic rings. The van der Waals surface area contributed by atoms with Gasteiger partial charge in [-0.3, -0.25) is 0 Å². The van der Waals surface area contributed by atoms with Crippen molar-refractivity contribution in [1.29, 1.82) is 0 Å². The molecule has 6 heteroatoms. The highest BCUT2D eigenvalue weighted by molar-refractivity contribution is 5.72. The number of carboxylic acid groups (broad SMARTS) is 1. The monoisotopic (exact) mass is 304 g/mol. The number of hydrogen-bond donors (Lipinski definition) is 3. The van der Waals surface area contributed by atoms with Gasteiger partial charge in [-0.25, -0.2) is 14.2 Å². The molecule has 0 fully saturated rings. The van der Waals surface area contributed by atoms with E-state index in [0.717, 1.165) is 10.1 Å². The largest absolute Gasteiger partial charge is 0.493 e. The van der Waals surface area contributed by atoms with Crippen molar-refractivity contribution in [2.24, 2.45) is 5.92 Å². The van der Waals surface area contributed by atoms with Gasteiger partial charge in [0.1, 0.15) is 6.04 Å². The molecule has 1 aromatic carbocycles. The number of nitrogens with one attached hydrogen (secondary N) is 1. The topological polar surface area (TPSA) is 95.3 Å². The molecule has 0 spiro atoms. The van der Waals surface area contributed by atoms with Crippen molar-refractivity contribution >= 4 is 5.97 Å². The van der Waals surface area contributed by atoms with Gasteiger partial charge in [0.15, 0.2) is 0 Å². The maximum absolute atomic E-state index is 12.0. The van der Waals surface area contributed by atoms with E-state index >= 15 is 0 Å². The van der Waals surface area contributed by atoms with Crippen LogP contribution in [0.25, 0.3) is 0 Å². The first-order chi connectivity index (χ1) is 10.4. The van der Waals surface area contributed by atoms with Gasteiger partial charge >= 0.3 is 11.7 Å². The van der Waals surface area contributed by atoms with Crippen molar-refractivity contribution in [3.05, 3.63) is 52.1 Å². The first kappa shape index (κ1) is 15.9. The van der Waals surface area contributed by atoms with Crippen molar-refractivity contribution < 1.29 is 15.0 Å². The van der Waals surface area contributed by atoms with Gasteiger partial charge in [0.25, 0.3) is 0 Å². The Morgan fingerprint density at radius 3 is 2.41 bits per heavy atom. The smallest absolute Gasteiger partial charge is 0.329 e. The number of rotatable bonds is 6. The second-order valence-electron chi connectivity index (χ2n) is 5.62. The van der Waals surface area contributed by atoms with Crippen LogP contribution < -0.4 is 5.69 Å². The molecule has 3 N–H and O–H groups in total. The SMILES string of the molecule is CC(C)[C@H](C(=O)O)n1c(O)c(CCc2ccccc2)[nH]c1=O. The predicted molar refractivity (Wildman–Crippen MR) is 82.1 cm³/mol. The summed E-state index contributed by atoms with van der Waals surface area (Å²) in [5.74, 6) is -1.75. The van der Waals surface area contributed by atoms with Crippen LogP contribution in [0.15, 0.2) is 35.1 Å². The lowest BCUT2D eigenvalue weighted by Gasteiger charge is -2.17. The van der Waals surface area contributed by atoms with E-state index in [0.29, 0.717) is 18.5 Å². The van der Waals surface area contributed by atoms with Gasteiger partial charge < -0.3 is 15.2 Å². The maximum atomic E-state index is 12.0. The molecule has 0 aliphatic carbocycles. The number of aromatic nitrogens is 2. The summed E-state index contributed by atoms with van der Waals surface area (Å²) in [6.45, 7) is 3.39. The molecule has 1 heterocycles. The number of aromatic hydroxyl groups is 1. The third-order valence-corrected chi connectivity index (χ3v) is 3.64. The summed E-state index contributed by atoms with van der Waals surface area (Å²) in [5.41, 5.74) is 0.844. The van der Waals surface area contributed by atoms with Gasteiger partial charge in [-0.05, 0) is 24.3 Å². The van der Waals surface area contributed by atoms with E-state index in [4.69, 9.17) is 0 Å². The molecule has 0 amide bonds. The number of hydrogen-bond acceptors (Lipinski definition) is 3. The first-order valence-corrected chi connectivity index (χ1v) is 7.21. The number of aryl methyl sites for hydroxylation is 2. The molecule has 0 unspecified atom stereocenters. The summed E-state index contributed by atoms with van der Waals surface area (Å²) >= 11 is 0. The Morgan fingerprint density at radius 2 is 1.86 bits per heavy atom. The van der Waals surface area contributed by atoms with Gasteiger partial charge in [0.05, 0.1) is 5.69 Å². The van der Waals surface area contributed by atoms with E-state index in [9.17, 15) is 19.8 Å². The molecule has 2 rings (SSSR count). The lowest BCUT2D eigenvalue weighted by atomic mass is 10.0. The van der Waals surface area contributed by atoms with E-state index in [2.05, 4.69) is 4.98 Å². The quantitative estimate of drug-likeness (QED) is 0.760. The van der Waals surface area contributed by atoms with Crippen LogP contribution in [-0.4, -0.2) is 25.7 Å². The molecular formula is C16H20N2O4. The zero-order valence-electron chi connectivity index (χ0n) is 12.6. The van der Waals surface area contributed by atoms with Crippen LogP contribution in [0.1, 0.15) is 31.1 Å². The molecule has 0 radical (unpaired) electrons. The second-order valence-corrected chi connectivity index (χ2v) is 5.62. The zero-order chi connectivity index (χ0) is 16.3. The van der Waals surface area contributed by atoms with Crippen molar-refractivity contribution in [2.45, 2.75) is 32.7 Å². The fourth-order valence-electron chi connectivity index (χ4n) is 2.53. The number of H-pyrrole nitrogens is 1. The molecule has 6 nitrogen and oxygen atoms in total. The van der Waals surface area contributed by atoms with Gasteiger partial charge in [0, 0.05) is 0 Å². The van der Waals surface area contributed by atoms with E-state index in [1.807, 2.05) is 30.3 Å². The third kappa shape index (κ3) is 3.21. The summed E-state index contributed by atoms with van der Waals surface area (Å²) in [6, 6.07) is 8.58. The molecule has 0 saturated heterocycles. The number of benzene rings is 1. The predicted octanol–water partition coefficient (Wildman–Crippen LogP) is 1.95. The van der Waals surface area contributed by atoms with Gasteiger partial charge in [-0.1, -0.05) is 44.2 Å². The summed E-state index contributed by atoms with van der Waals surface area (Å²) < 4.78 is 0.924. The molecular weight excluding hydrogens is 284 g/mol. The summed E-state index contributed by atoms with van der Waals surface area (Å²) in [6.07, 6.45) is 1.08. The van der Waals surface area contributed by atoms with Crippen LogP contribution in [0.2, 0.25) is 0 Å². The summed E-state index contributed by atoms with van der Waals surface area (Å²) in [5, 5.41) is 19.5. The lowest BCUT2D eigenvalue weighted by molar-refractivity contribution is -0.142. The standard InChI is InChI=1S/C16H20N2O4/c1-10(2)13(15(20)21)18-14(19)12(17-16(18)22)9-8-11-6-4-3-5-7-11/h3-7,10,13,19H,8-9H2,1-2H3,(H,17,22)(H,20,21)/t13-/m1/s1. The van der Waals surface area contributed by atoms with Crippen molar-refractivity contribution in [3.8, 4) is 5.88 Å². The van der Waals surface area contributed by atoms with E-state index in [-0.39, 0.29) is 11.8 Å². The van der Waals surface area contributed by atoms with Crippen molar-refractivity contribution in [1.82, 2.24) is 9.55 Å². The Hall–Kier alpha value is -2.50. The molecule has 0 aliphatic rings. The maximum Gasteiger partial charge on any atom is 0.329 e. The second kappa shape index (κ2) is 6.51.